The lowest BCUT2D eigenvalue weighted by atomic mass is 10.0. The number of carbonyl (C=O) groups is 2. The summed E-state index contributed by atoms with van der Waals surface area (Å²) in [6.45, 7) is 12.8. The van der Waals surface area contributed by atoms with Crippen LogP contribution in [0, 0.1) is 5.92 Å². The summed E-state index contributed by atoms with van der Waals surface area (Å²) in [5, 5.41) is 0. The molecule has 0 unspecified atom stereocenters. The highest BCUT2D eigenvalue weighted by Gasteiger charge is 2.22. The molecule has 0 amide bonds. The monoisotopic (exact) mass is 258 g/mol. The van der Waals surface area contributed by atoms with E-state index in [2.05, 4.69) is 0 Å². The van der Waals surface area contributed by atoms with Gasteiger partial charge in [-0.25, -0.2) is 0 Å². The Hall–Kier alpha value is -1.06. The summed E-state index contributed by atoms with van der Waals surface area (Å²) in [7, 11) is 0. The van der Waals surface area contributed by atoms with Crippen molar-refractivity contribution in [2.45, 2.75) is 72.5 Å². The molecular formula is C14H26O4. The minimum Gasteiger partial charge on any atom is -0.460 e. The van der Waals surface area contributed by atoms with E-state index < -0.39 is 11.2 Å². The highest BCUT2D eigenvalue weighted by atomic mass is 16.6. The molecule has 0 aromatic rings. The van der Waals surface area contributed by atoms with Gasteiger partial charge in [-0.2, -0.15) is 0 Å². The maximum Gasteiger partial charge on any atom is 0.306 e. The Bertz CT molecular complexity index is 264. The van der Waals surface area contributed by atoms with Gasteiger partial charge in [-0.05, 0) is 47.5 Å². The van der Waals surface area contributed by atoms with Crippen molar-refractivity contribution in [3.63, 3.8) is 0 Å². The fourth-order valence-electron chi connectivity index (χ4n) is 1.41. The van der Waals surface area contributed by atoms with Crippen molar-refractivity contribution in [2.24, 2.45) is 5.92 Å². The van der Waals surface area contributed by atoms with Crippen LogP contribution < -0.4 is 0 Å². The smallest absolute Gasteiger partial charge is 0.306 e. The molecule has 0 aromatic carbocycles. The van der Waals surface area contributed by atoms with Gasteiger partial charge in [-0.3, -0.25) is 9.59 Å². The van der Waals surface area contributed by atoms with Crippen LogP contribution in [0.25, 0.3) is 0 Å². The molecule has 0 aliphatic rings. The highest BCUT2D eigenvalue weighted by molar-refractivity contribution is 5.73. The summed E-state index contributed by atoms with van der Waals surface area (Å²) >= 11 is 0. The van der Waals surface area contributed by atoms with Crippen molar-refractivity contribution in [2.75, 3.05) is 0 Å². The Balaban J connectivity index is 4.08. The molecule has 0 bridgehead atoms. The molecule has 4 nitrogen and oxygen atoms in total. The first kappa shape index (κ1) is 16.9. The van der Waals surface area contributed by atoms with Crippen molar-refractivity contribution in [3.05, 3.63) is 0 Å². The quantitative estimate of drug-likeness (QED) is 0.727. The second kappa shape index (κ2) is 6.21. The predicted molar refractivity (Wildman–Crippen MR) is 70.1 cm³/mol. The average molecular weight is 258 g/mol. The van der Waals surface area contributed by atoms with Gasteiger partial charge in [0.25, 0.3) is 0 Å². The van der Waals surface area contributed by atoms with Gasteiger partial charge in [0.2, 0.25) is 0 Å². The SMILES string of the molecule is CC(CC(=O)OC(C)(C)C)CC(=O)OC(C)(C)C. The molecule has 4 heteroatoms. The number of hydrogen-bond donors (Lipinski definition) is 0. The zero-order chi connectivity index (χ0) is 14.6. The average Bonchev–Trinajstić information content (AvgIpc) is 1.92. The van der Waals surface area contributed by atoms with Gasteiger partial charge in [0.05, 0.1) is 0 Å². The first-order chi connectivity index (χ1) is 7.89. The Morgan fingerprint density at radius 3 is 1.33 bits per heavy atom. The fraction of sp³-hybridized carbons (Fsp3) is 0.857. The van der Waals surface area contributed by atoms with Gasteiger partial charge < -0.3 is 9.47 Å². The zero-order valence-electron chi connectivity index (χ0n) is 12.6. The number of carbonyl (C=O) groups excluding carboxylic acids is 2. The van der Waals surface area contributed by atoms with Crippen LogP contribution >= 0.6 is 0 Å². The normalized spacial score (nSPS) is 12.4. The van der Waals surface area contributed by atoms with Crippen LogP contribution in [0.1, 0.15) is 61.3 Å². The third-order valence-electron chi connectivity index (χ3n) is 1.87. The molecule has 0 heterocycles. The van der Waals surface area contributed by atoms with E-state index in [1.165, 1.54) is 0 Å². The van der Waals surface area contributed by atoms with Crippen LogP contribution in [-0.2, 0) is 19.1 Å². The third-order valence-corrected chi connectivity index (χ3v) is 1.87. The molecule has 0 saturated heterocycles. The second-order valence-corrected chi connectivity index (χ2v) is 6.69. The van der Waals surface area contributed by atoms with E-state index in [0.717, 1.165) is 0 Å². The standard InChI is InChI=1S/C14H26O4/c1-10(8-11(15)17-13(2,3)4)9-12(16)18-14(5,6)7/h10H,8-9H2,1-7H3. The Kier molecular flexibility index (Phi) is 5.84. The number of ether oxygens (including phenoxy) is 2. The van der Waals surface area contributed by atoms with Crippen LogP contribution in [0.4, 0.5) is 0 Å². The molecule has 106 valence electrons. The van der Waals surface area contributed by atoms with E-state index in [0.29, 0.717) is 0 Å². The second-order valence-electron chi connectivity index (χ2n) is 6.69. The van der Waals surface area contributed by atoms with E-state index in [1.54, 1.807) is 0 Å². The summed E-state index contributed by atoms with van der Waals surface area (Å²) in [4.78, 5) is 23.1. The minimum absolute atomic E-state index is 0.0744. The topological polar surface area (TPSA) is 52.6 Å². The van der Waals surface area contributed by atoms with Crippen LogP contribution in [0.3, 0.4) is 0 Å². The Morgan fingerprint density at radius 2 is 1.11 bits per heavy atom. The third kappa shape index (κ3) is 10.1. The Morgan fingerprint density at radius 1 is 0.833 bits per heavy atom. The minimum atomic E-state index is -0.483. The molecule has 18 heavy (non-hydrogen) atoms. The summed E-state index contributed by atoms with van der Waals surface area (Å²) in [6, 6.07) is 0. The molecule has 0 aromatic heterocycles. The molecule has 0 atom stereocenters. The van der Waals surface area contributed by atoms with Crippen molar-refractivity contribution >= 4 is 11.9 Å². The lowest BCUT2D eigenvalue weighted by molar-refractivity contribution is -0.158. The first-order valence-electron chi connectivity index (χ1n) is 6.33. The maximum absolute atomic E-state index is 11.6. The van der Waals surface area contributed by atoms with Gasteiger partial charge in [-0.15, -0.1) is 0 Å². The molecule has 0 N–H and O–H groups in total. The van der Waals surface area contributed by atoms with Crippen molar-refractivity contribution in [1.29, 1.82) is 0 Å². The van der Waals surface area contributed by atoms with E-state index in [-0.39, 0.29) is 30.7 Å². The molecule has 0 aliphatic carbocycles. The van der Waals surface area contributed by atoms with Crippen molar-refractivity contribution in [1.82, 2.24) is 0 Å². The molecule has 0 radical (unpaired) electrons. The largest absolute Gasteiger partial charge is 0.460 e. The van der Waals surface area contributed by atoms with E-state index in [9.17, 15) is 9.59 Å². The summed E-state index contributed by atoms with van der Waals surface area (Å²) in [6.07, 6.45) is 0.465. The fourth-order valence-corrected chi connectivity index (χ4v) is 1.41. The van der Waals surface area contributed by atoms with Gasteiger partial charge in [0.15, 0.2) is 0 Å². The summed E-state index contributed by atoms with van der Waals surface area (Å²) < 4.78 is 10.4. The van der Waals surface area contributed by atoms with Crippen molar-refractivity contribution in [3.8, 4) is 0 Å². The van der Waals surface area contributed by atoms with Crippen LogP contribution in [0.5, 0.6) is 0 Å². The van der Waals surface area contributed by atoms with Gasteiger partial charge in [-0.1, -0.05) is 6.92 Å². The number of esters is 2. The lowest BCUT2D eigenvalue weighted by Gasteiger charge is -2.22. The van der Waals surface area contributed by atoms with Crippen LogP contribution in [0.15, 0.2) is 0 Å². The van der Waals surface area contributed by atoms with Gasteiger partial charge >= 0.3 is 11.9 Å². The van der Waals surface area contributed by atoms with Crippen LogP contribution in [0.2, 0.25) is 0 Å². The van der Waals surface area contributed by atoms with E-state index in [1.807, 2.05) is 48.5 Å². The number of rotatable bonds is 4. The van der Waals surface area contributed by atoms with E-state index >= 15 is 0 Å². The molecule has 0 spiro atoms. The van der Waals surface area contributed by atoms with Crippen molar-refractivity contribution < 1.29 is 19.1 Å². The predicted octanol–water partition coefficient (Wildman–Crippen LogP) is 3.09. The Labute approximate surface area is 110 Å². The lowest BCUT2D eigenvalue weighted by Crippen LogP contribution is -2.27. The summed E-state index contributed by atoms with van der Waals surface area (Å²) in [5.41, 5.74) is -0.967. The van der Waals surface area contributed by atoms with E-state index in [4.69, 9.17) is 9.47 Å². The van der Waals surface area contributed by atoms with Gasteiger partial charge in [0.1, 0.15) is 11.2 Å². The molecule has 0 fully saturated rings. The molecule has 0 saturated carbocycles. The zero-order valence-corrected chi connectivity index (χ0v) is 12.6. The van der Waals surface area contributed by atoms with Gasteiger partial charge in [0, 0.05) is 12.8 Å². The molecular weight excluding hydrogens is 232 g/mol. The molecule has 0 rings (SSSR count). The highest BCUT2D eigenvalue weighted by Crippen LogP contribution is 2.16. The maximum atomic E-state index is 11.6. The van der Waals surface area contributed by atoms with Crippen LogP contribution in [-0.4, -0.2) is 23.1 Å². The first-order valence-corrected chi connectivity index (χ1v) is 6.33. The summed E-state index contributed by atoms with van der Waals surface area (Å²) in [5.74, 6) is -0.633. The number of hydrogen-bond acceptors (Lipinski definition) is 4. The molecule has 0 aliphatic heterocycles.